The summed E-state index contributed by atoms with van der Waals surface area (Å²) in [7, 11) is 1.62. The zero-order valence-electron chi connectivity index (χ0n) is 21.4. The molecule has 0 aromatic heterocycles. The number of amides is 1. The average Bonchev–Trinajstić information content (AvgIpc) is 3.12. The number of para-hydroxylation sites is 2. The van der Waals surface area contributed by atoms with Gasteiger partial charge in [0.1, 0.15) is 11.6 Å². The number of methoxy groups -OCH3 is 1. The average molecular weight is 519 g/mol. The van der Waals surface area contributed by atoms with Crippen molar-refractivity contribution in [3.63, 3.8) is 0 Å². The van der Waals surface area contributed by atoms with Crippen molar-refractivity contribution in [3.8, 4) is 5.75 Å². The fraction of sp³-hybridized carbons (Fsp3) is 0.152. The van der Waals surface area contributed by atoms with Gasteiger partial charge in [-0.15, -0.1) is 0 Å². The SMILES string of the molecule is COc1ccc([C@@H]2CC(=O)C3=C(C2)Nc2ccccc2N(C(=O)c2ccccc2)[C@@H]3c2cccc(F)c2)cc1. The van der Waals surface area contributed by atoms with Crippen LogP contribution >= 0.6 is 0 Å². The Balaban J connectivity index is 1.54. The van der Waals surface area contributed by atoms with Crippen molar-refractivity contribution in [1.29, 1.82) is 0 Å². The Kier molecular flexibility index (Phi) is 6.45. The van der Waals surface area contributed by atoms with E-state index in [-0.39, 0.29) is 24.0 Å². The van der Waals surface area contributed by atoms with E-state index in [1.807, 2.05) is 66.7 Å². The highest BCUT2D eigenvalue weighted by molar-refractivity contribution is 6.12. The Morgan fingerprint density at radius 3 is 2.36 bits per heavy atom. The first kappa shape index (κ1) is 24.6. The molecule has 1 amide bonds. The van der Waals surface area contributed by atoms with Crippen LogP contribution in [0.15, 0.2) is 114 Å². The predicted molar refractivity (Wildman–Crippen MR) is 149 cm³/mol. The molecule has 39 heavy (non-hydrogen) atoms. The van der Waals surface area contributed by atoms with Gasteiger partial charge < -0.3 is 10.1 Å². The van der Waals surface area contributed by atoms with Crippen molar-refractivity contribution in [2.75, 3.05) is 17.3 Å². The quantitative estimate of drug-likeness (QED) is 0.315. The van der Waals surface area contributed by atoms with E-state index in [4.69, 9.17) is 4.74 Å². The minimum Gasteiger partial charge on any atom is -0.497 e. The molecule has 2 atom stereocenters. The molecule has 4 aromatic rings. The van der Waals surface area contributed by atoms with E-state index in [2.05, 4.69) is 5.32 Å². The molecule has 1 N–H and O–H groups in total. The fourth-order valence-corrected chi connectivity index (χ4v) is 5.64. The molecule has 1 aliphatic carbocycles. The molecule has 0 spiro atoms. The first-order valence-corrected chi connectivity index (χ1v) is 12.9. The van der Waals surface area contributed by atoms with E-state index < -0.39 is 11.9 Å². The fourth-order valence-electron chi connectivity index (χ4n) is 5.64. The number of hydrogen-bond donors (Lipinski definition) is 1. The first-order valence-electron chi connectivity index (χ1n) is 12.9. The molecule has 194 valence electrons. The van der Waals surface area contributed by atoms with Crippen molar-refractivity contribution in [2.24, 2.45) is 0 Å². The summed E-state index contributed by atoms with van der Waals surface area (Å²) in [5.41, 5.74) is 4.65. The van der Waals surface area contributed by atoms with Gasteiger partial charge in [-0.1, -0.05) is 54.6 Å². The Morgan fingerprint density at radius 2 is 1.62 bits per heavy atom. The Hall–Kier alpha value is -4.71. The second-order valence-corrected chi connectivity index (χ2v) is 9.83. The largest absolute Gasteiger partial charge is 0.497 e. The number of fused-ring (bicyclic) bond motifs is 1. The number of ketones is 1. The normalized spacial score (nSPS) is 18.5. The van der Waals surface area contributed by atoms with Crippen LogP contribution < -0.4 is 15.0 Å². The molecule has 5 nitrogen and oxygen atoms in total. The summed E-state index contributed by atoms with van der Waals surface area (Å²) < 4.78 is 19.9. The van der Waals surface area contributed by atoms with Crippen LogP contribution in [-0.2, 0) is 4.79 Å². The number of nitrogens with zero attached hydrogens (tertiary/aromatic N) is 1. The van der Waals surface area contributed by atoms with Crippen LogP contribution in [0.4, 0.5) is 15.8 Å². The maximum Gasteiger partial charge on any atom is 0.259 e. The van der Waals surface area contributed by atoms with Gasteiger partial charge in [0.2, 0.25) is 0 Å². The van der Waals surface area contributed by atoms with E-state index >= 15 is 0 Å². The van der Waals surface area contributed by atoms with Gasteiger partial charge in [-0.3, -0.25) is 14.5 Å². The lowest BCUT2D eigenvalue weighted by atomic mass is 9.78. The van der Waals surface area contributed by atoms with Crippen molar-refractivity contribution in [2.45, 2.75) is 24.8 Å². The van der Waals surface area contributed by atoms with Crippen LogP contribution in [0, 0.1) is 5.82 Å². The third-order valence-electron chi connectivity index (χ3n) is 7.48. The standard InChI is InChI=1S/C33H27FN2O3/c1-39-26-16-14-21(15-17-26)24-19-28-31(30(37)20-24)32(23-10-7-11-25(34)18-23)36(29-13-6-5-12-27(29)35-28)33(38)22-8-3-2-4-9-22/h2-18,24,32,35H,19-20H2,1H3/t24-,32+/m0/s1. The van der Waals surface area contributed by atoms with E-state index in [1.54, 1.807) is 36.3 Å². The highest BCUT2D eigenvalue weighted by Crippen LogP contribution is 2.48. The molecule has 0 saturated carbocycles. The number of rotatable bonds is 4. The van der Waals surface area contributed by atoms with Gasteiger partial charge in [0.25, 0.3) is 5.91 Å². The molecule has 2 aliphatic rings. The molecule has 6 rings (SSSR count). The minimum absolute atomic E-state index is 0.0497. The van der Waals surface area contributed by atoms with Crippen molar-refractivity contribution < 1.29 is 18.7 Å². The summed E-state index contributed by atoms with van der Waals surface area (Å²) >= 11 is 0. The molecule has 0 fully saturated rings. The van der Waals surface area contributed by atoms with Crippen LogP contribution in [0.2, 0.25) is 0 Å². The molecular weight excluding hydrogens is 491 g/mol. The van der Waals surface area contributed by atoms with Crippen LogP contribution in [0.1, 0.15) is 46.3 Å². The predicted octanol–water partition coefficient (Wildman–Crippen LogP) is 7.05. The monoisotopic (exact) mass is 518 g/mol. The number of nitrogens with one attached hydrogen (secondary N) is 1. The van der Waals surface area contributed by atoms with Crippen LogP contribution in [-0.4, -0.2) is 18.8 Å². The van der Waals surface area contributed by atoms with Gasteiger partial charge >= 0.3 is 0 Å². The van der Waals surface area contributed by atoms with Crippen molar-refractivity contribution in [1.82, 2.24) is 0 Å². The highest BCUT2D eigenvalue weighted by Gasteiger charge is 2.42. The Labute approximate surface area is 226 Å². The number of hydrogen-bond acceptors (Lipinski definition) is 4. The summed E-state index contributed by atoms with van der Waals surface area (Å²) in [6, 6.07) is 29.6. The third kappa shape index (κ3) is 4.59. The number of anilines is 2. The number of allylic oxidation sites excluding steroid dienone is 1. The van der Waals surface area contributed by atoms with Crippen LogP contribution in [0.25, 0.3) is 0 Å². The summed E-state index contributed by atoms with van der Waals surface area (Å²) in [6.07, 6.45) is 0.850. The maximum atomic E-state index is 14.6. The summed E-state index contributed by atoms with van der Waals surface area (Å²) in [5.74, 6) is -0.0584. The first-order chi connectivity index (χ1) is 19.0. The molecule has 6 heteroatoms. The zero-order chi connectivity index (χ0) is 26.9. The van der Waals surface area contributed by atoms with Crippen molar-refractivity contribution in [3.05, 3.63) is 137 Å². The van der Waals surface area contributed by atoms with E-state index in [1.165, 1.54) is 12.1 Å². The number of carbonyl (C=O) groups is 2. The minimum atomic E-state index is -0.802. The molecule has 4 aromatic carbocycles. The van der Waals surface area contributed by atoms with Gasteiger partial charge in [0.05, 0.1) is 24.5 Å². The smallest absolute Gasteiger partial charge is 0.259 e. The maximum absolute atomic E-state index is 14.6. The zero-order valence-corrected chi connectivity index (χ0v) is 21.4. The van der Waals surface area contributed by atoms with Crippen LogP contribution in [0.5, 0.6) is 5.75 Å². The lowest BCUT2D eigenvalue weighted by Gasteiger charge is -2.35. The van der Waals surface area contributed by atoms with Crippen molar-refractivity contribution >= 4 is 23.1 Å². The van der Waals surface area contributed by atoms with Gasteiger partial charge in [-0.25, -0.2) is 4.39 Å². The second-order valence-electron chi connectivity index (χ2n) is 9.83. The molecule has 0 unspecified atom stereocenters. The number of halogens is 1. The van der Waals surface area contributed by atoms with Gasteiger partial charge in [0.15, 0.2) is 5.78 Å². The lowest BCUT2D eigenvalue weighted by molar-refractivity contribution is -0.116. The summed E-state index contributed by atoms with van der Waals surface area (Å²) in [5, 5.41) is 3.51. The number of benzene rings is 4. The van der Waals surface area contributed by atoms with E-state index in [0.717, 1.165) is 22.7 Å². The Bertz CT molecular complexity index is 1580. The summed E-state index contributed by atoms with van der Waals surface area (Å²) in [6.45, 7) is 0. The Morgan fingerprint density at radius 1 is 0.872 bits per heavy atom. The second kappa shape index (κ2) is 10.2. The number of carbonyl (C=O) groups excluding carboxylic acids is 2. The highest BCUT2D eigenvalue weighted by atomic mass is 19.1. The topological polar surface area (TPSA) is 58.6 Å². The van der Waals surface area contributed by atoms with Gasteiger partial charge in [-0.2, -0.15) is 0 Å². The lowest BCUT2D eigenvalue weighted by Crippen LogP contribution is -2.38. The molecule has 0 radical (unpaired) electrons. The number of ether oxygens (including phenoxy) is 1. The molecule has 0 bridgehead atoms. The van der Waals surface area contributed by atoms with E-state index in [9.17, 15) is 14.0 Å². The third-order valence-corrected chi connectivity index (χ3v) is 7.48. The number of Topliss-reactive ketones (excluding diaryl/α,β-unsaturated/α-hetero) is 1. The van der Waals surface area contributed by atoms with Crippen LogP contribution in [0.3, 0.4) is 0 Å². The summed E-state index contributed by atoms with van der Waals surface area (Å²) in [4.78, 5) is 29.9. The molecular formula is C33H27FN2O3. The molecule has 1 heterocycles. The van der Waals surface area contributed by atoms with Gasteiger partial charge in [-0.05, 0) is 72.0 Å². The molecule has 0 saturated heterocycles. The van der Waals surface area contributed by atoms with Gasteiger partial charge in [0, 0.05) is 23.3 Å². The molecule has 1 aliphatic heterocycles. The van der Waals surface area contributed by atoms with E-state index in [0.29, 0.717) is 28.8 Å².